The molecular formula is C28H36N6O5. The number of amides is 2. The minimum atomic E-state index is -0.776. The SMILES string of the molecule is CC(C)(C)[C@@H](C(=O)N1CC(O)CC1C(=O)NCC1CC(c2ccc3c(c2)CCO3)=NO1)n1cc(C2CC2)nn1. The summed E-state index contributed by atoms with van der Waals surface area (Å²) < 4.78 is 7.21. The summed E-state index contributed by atoms with van der Waals surface area (Å²) >= 11 is 0. The molecule has 4 aliphatic rings. The minimum absolute atomic E-state index is 0.100. The molecule has 2 aromatic rings. The fourth-order valence-electron chi connectivity index (χ4n) is 5.73. The number of hydrogen-bond donors (Lipinski definition) is 2. The number of carbonyl (C=O) groups excluding carboxylic acids is 2. The van der Waals surface area contributed by atoms with Crippen LogP contribution in [-0.2, 0) is 20.8 Å². The molecule has 1 saturated heterocycles. The Kier molecular flexibility index (Phi) is 6.57. The maximum atomic E-state index is 13.9. The molecule has 208 valence electrons. The van der Waals surface area contributed by atoms with Gasteiger partial charge < -0.3 is 24.9 Å². The van der Waals surface area contributed by atoms with Crippen LogP contribution in [0.2, 0.25) is 0 Å². The third kappa shape index (κ3) is 5.24. The second-order valence-electron chi connectivity index (χ2n) is 12.2. The summed E-state index contributed by atoms with van der Waals surface area (Å²) in [5.74, 6) is 0.785. The topological polar surface area (TPSA) is 131 Å². The molecule has 0 spiro atoms. The number of fused-ring (bicyclic) bond motifs is 1. The first-order chi connectivity index (χ1) is 18.7. The number of rotatable bonds is 7. The number of carbonyl (C=O) groups is 2. The first-order valence-electron chi connectivity index (χ1n) is 13.8. The van der Waals surface area contributed by atoms with Crippen molar-refractivity contribution in [3.8, 4) is 5.75 Å². The molecule has 2 amide bonds. The van der Waals surface area contributed by atoms with Crippen LogP contribution in [0.25, 0.3) is 0 Å². The lowest BCUT2D eigenvalue weighted by atomic mass is 9.85. The van der Waals surface area contributed by atoms with Crippen LogP contribution in [0, 0.1) is 5.41 Å². The number of hydrogen-bond acceptors (Lipinski definition) is 8. The molecule has 0 bridgehead atoms. The Balaban J connectivity index is 1.09. The van der Waals surface area contributed by atoms with E-state index in [2.05, 4.69) is 26.9 Å². The molecule has 1 aliphatic carbocycles. The molecule has 4 atom stereocenters. The summed E-state index contributed by atoms with van der Waals surface area (Å²) in [4.78, 5) is 34.3. The van der Waals surface area contributed by atoms with E-state index in [4.69, 9.17) is 9.57 Å². The monoisotopic (exact) mass is 536 g/mol. The maximum absolute atomic E-state index is 13.9. The first-order valence-corrected chi connectivity index (χ1v) is 13.8. The second-order valence-corrected chi connectivity index (χ2v) is 12.2. The number of aromatic nitrogens is 3. The van der Waals surface area contributed by atoms with E-state index in [0.29, 0.717) is 18.9 Å². The minimum Gasteiger partial charge on any atom is -0.493 e. The van der Waals surface area contributed by atoms with Crippen LogP contribution in [0.5, 0.6) is 5.75 Å². The van der Waals surface area contributed by atoms with Crippen molar-refractivity contribution in [3.63, 3.8) is 0 Å². The van der Waals surface area contributed by atoms with Gasteiger partial charge in [0.2, 0.25) is 11.8 Å². The van der Waals surface area contributed by atoms with E-state index in [-0.39, 0.29) is 37.4 Å². The van der Waals surface area contributed by atoms with Crippen molar-refractivity contribution in [1.82, 2.24) is 25.2 Å². The summed E-state index contributed by atoms with van der Waals surface area (Å²) in [5, 5.41) is 26.2. The first kappa shape index (κ1) is 25.8. The van der Waals surface area contributed by atoms with Crippen molar-refractivity contribution >= 4 is 17.5 Å². The molecule has 39 heavy (non-hydrogen) atoms. The number of β-amino-alcohol motifs (C(OH)–C–C–N with tert-alkyl or cyclic N) is 1. The highest BCUT2D eigenvalue weighted by atomic mass is 16.6. The Labute approximate surface area is 227 Å². The van der Waals surface area contributed by atoms with Crippen molar-refractivity contribution < 1.29 is 24.3 Å². The summed E-state index contributed by atoms with van der Waals surface area (Å²) in [5.41, 5.74) is 3.42. The van der Waals surface area contributed by atoms with Crippen LogP contribution >= 0.6 is 0 Å². The summed E-state index contributed by atoms with van der Waals surface area (Å²) in [6.07, 6.45) is 4.59. The van der Waals surface area contributed by atoms with Gasteiger partial charge in [0.25, 0.3) is 0 Å². The number of nitrogens with one attached hydrogen (secondary N) is 1. The fraction of sp³-hybridized carbons (Fsp3) is 0.607. The van der Waals surface area contributed by atoms with Crippen molar-refractivity contribution in [2.24, 2.45) is 10.6 Å². The van der Waals surface area contributed by atoms with Gasteiger partial charge >= 0.3 is 0 Å². The lowest BCUT2D eigenvalue weighted by molar-refractivity contribution is -0.144. The van der Waals surface area contributed by atoms with Gasteiger partial charge in [-0.2, -0.15) is 0 Å². The number of aliphatic hydroxyl groups excluding tert-OH is 1. The lowest BCUT2D eigenvalue weighted by Crippen LogP contribution is -2.51. The van der Waals surface area contributed by atoms with Gasteiger partial charge in [0.15, 0.2) is 0 Å². The normalized spacial score (nSPS) is 25.1. The number of aliphatic hydroxyl groups is 1. The van der Waals surface area contributed by atoms with Gasteiger partial charge in [-0.1, -0.05) is 31.1 Å². The van der Waals surface area contributed by atoms with E-state index in [1.54, 1.807) is 4.68 Å². The van der Waals surface area contributed by atoms with Gasteiger partial charge in [-0.25, -0.2) is 4.68 Å². The van der Waals surface area contributed by atoms with Crippen LogP contribution in [-0.4, -0.2) is 80.5 Å². The fourth-order valence-corrected chi connectivity index (χ4v) is 5.73. The summed E-state index contributed by atoms with van der Waals surface area (Å²) in [7, 11) is 0. The van der Waals surface area contributed by atoms with Crippen LogP contribution in [0.4, 0.5) is 0 Å². The molecule has 2 fully saturated rings. The van der Waals surface area contributed by atoms with Gasteiger partial charge in [-0.05, 0) is 47.6 Å². The standard InChI is InChI=1S/C28H36N6O5/c1-28(2,3)25(34-15-22(30-32-34)16-4-5-16)27(37)33-14-19(35)11-23(33)26(36)29-13-20-12-21(31-39-20)17-6-7-24-18(10-17)8-9-38-24/h6-7,10,15-16,19-20,23,25,35H,4-5,8-9,11-14H2,1-3H3,(H,29,36)/t19?,20?,23?,25-/m1/s1. The summed E-state index contributed by atoms with van der Waals surface area (Å²) in [6.45, 7) is 6.96. The van der Waals surface area contributed by atoms with Gasteiger partial charge in [-0.3, -0.25) is 9.59 Å². The smallest absolute Gasteiger partial charge is 0.248 e. The van der Waals surface area contributed by atoms with Crippen molar-refractivity contribution in [3.05, 3.63) is 41.2 Å². The number of nitrogens with zero attached hydrogens (tertiary/aromatic N) is 5. The quantitative estimate of drug-likeness (QED) is 0.553. The van der Waals surface area contributed by atoms with Gasteiger partial charge in [0.1, 0.15) is 23.9 Å². The third-order valence-electron chi connectivity index (χ3n) is 7.97. The Morgan fingerprint density at radius 3 is 2.85 bits per heavy atom. The number of oxime groups is 1. The van der Waals surface area contributed by atoms with Crippen LogP contribution in [0.15, 0.2) is 29.6 Å². The molecule has 3 unspecified atom stereocenters. The Hall–Kier alpha value is -3.47. The largest absolute Gasteiger partial charge is 0.493 e. The average Bonchev–Trinajstić information content (AvgIpc) is 3.30. The zero-order chi connectivity index (χ0) is 27.3. The van der Waals surface area contributed by atoms with Crippen LogP contribution < -0.4 is 10.1 Å². The highest BCUT2D eigenvalue weighted by Crippen LogP contribution is 2.40. The zero-order valence-electron chi connectivity index (χ0n) is 22.7. The van der Waals surface area contributed by atoms with Crippen molar-refractivity contribution in [2.75, 3.05) is 19.7 Å². The van der Waals surface area contributed by atoms with E-state index < -0.39 is 23.6 Å². The van der Waals surface area contributed by atoms with E-state index in [1.807, 2.05) is 39.1 Å². The second kappa shape index (κ2) is 9.93. The van der Waals surface area contributed by atoms with Gasteiger partial charge in [0.05, 0.1) is 30.7 Å². The molecular weight excluding hydrogens is 500 g/mol. The molecule has 3 aliphatic heterocycles. The highest BCUT2D eigenvalue weighted by molar-refractivity contribution is 6.01. The number of likely N-dealkylation sites (tertiary alicyclic amines) is 1. The lowest BCUT2D eigenvalue weighted by Gasteiger charge is -2.34. The van der Waals surface area contributed by atoms with E-state index in [1.165, 1.54) is 10.5 Å². The van der Waals surface area contributed by atoms with Crippen molar-refractivity contribution in [2.45, 2.75) is 83.1 Å². The number of benzene rings is 1. The molecule has 11 nitrogen and oxygen atoms in total. The molecule has 4 heterocycles. The predicted octanol–water partition coefficient (Wildman–Crippen LogP) is 1.95. The molecule has 2 N–H and O–H groups in total. The molecule has 11 heteroatoms. The molecule has 1 aromatic heterocycles. The average molecular weight is 537 g/mol. The molecule has 1 saturated carbocycles. The van der Waals surface area contributed by atoms with Gasteiger partial charge in [-0.15, -0.1) is 5.10 Å². The van der Waals surface area contributed by atoms with E-state index >= 15 is 0 Å². The predicted molar refractivity (Wildman–Crippen MR) is 141 cm³/mol. The Bertz CT molecular complexity index is 1300. The number of ether oxygens (including phenoxy) is 1. The van der Waals surface area contributed by atoms with E-state index in [0.717, 1.165) is 42.0 Å². The molecule has 1 aromatic carbocycles. The van der Waals surface area contributed by atoms with Gasteiger partial charge in [0, 0.05) is 37.9 Å². The summed E-state index contributed by atoms with van der Waals surface area (Å²) in [6, 6.07) is 4.60. The zero-order valence-corrected chi connectivity index (χ0v) is 22.7. The van der Waals surface area contributed by atoms with E-state index in [9.17, 15) is 14.7 Å². The van der Waals surface area contributed by atoms with Crippen molar-refractivity contribution in [1.29, 1.82) is 0 Å². The van der Waals surface area contributed by atoms with Crippen LogP contribution in [0.3, 0.4) is 0 Å². The highest BCUT2D eigenvalue weighted by Gasteiger charge is 2.45. The van der Waals surface area contributed by atoms with Crippen LogP contribution in [0.1, 0.15) is 75.2 Å². The maximum Gasteiger partial charge on any atom is 0.248 e. The third-order valence-corrected chi connectivity index (χ3v) is 7.97. The Morgan fingerprint density at radius 2 is 2.08 bits per heavy atom. The molecule has 6 rings (SSSR count). The Morgan fingerprint density at radius 1 is 1.26 bits per heavy atom. The molecule has 0 radical (unpaired) electrons.